The molecule has 0 aliphatic heterocycles. The van der Waals surface area contributed by atoms with Gasteiger partial charge in [-0.25, -0.2) is 4.79 Å². The lowest BCUT2D eigenvalue weighted by Gasteiger charge is -2.20. The topological polar surface area (TPSA) is 73.6 Å². The first kappa shape index (κ1) is 14.3. The second-order valence-electron chi connectivity index (χ2n) is 4.86. The van der Waals surface area contributed by atoms with Crippen LogP contribution in [-0.4, -0.2) is 18.8 Å². The molecule has 0 atom stereocenters. The molecule has 0 bridgehead atoms. The number of methoxy groups -OCH3 is 1. The van der Waals surface area contributed by atoms with E-state index in [-0.39, 0.29) is 0 Å². The number of rotatable bonds is 3. The molecule has 0 fully saturated rings. The highest BCUT2D eigenvalue weighted by Gasteiger charge is 2.16. The monoisotopic (exact) mass is 252 g/mol. The molecule has 0 aliphatic carbocycles. The molecule has 100 valence electrons. The van der Waals surface area contributed by atoms with Gasteiger partial charge in [0.15, 0.2) is 0 Å². The molecule has 0 saturated carbocycles. The smallest absolute Gasteiger partial charge is 0.412 e. The fourth-order valence-corrected chi connectivity index (χ4v) is 1.41. The Hall–Kier alpha value is -1.75. The SMILES string of the molecule is COc1cc(NC(=O)OC(C)(C)C)ccc1CN. The van der Waals surface area contributed by atoms with E-state index in [1.807, 2.05) is 26.8 Å². The molecular formula is C13H20N2O3. The van der Waals surface area contributed by atoms with Crippen LogP contribution in [0.25, 0.3) is 0 Å². The van der Waals surface area contributed by atoms with Crippen molar-refractivity contribution in [3.8, 4) is 5.75 Å². The number of carbonyl (C=O) groups excluding carboxylic acids is 1. The second kappa shape index (κ2) is 5.73. The Labute approximate surface area is 107 Å². The Balaban J connectivity index is 2.76. The Bertz CT molecular complexity index is 425. The normalized spacial score (nSPS) is 10.9. The number of hydrogen-bond acceptors (Lipinski definition) is 4. The predicted molar refractivity (Wildman–Crippen MR) is 70.7 cm³/mol. The van der Waals surface area contributed by atoms with E-state index < -0.39 is 11.7 Å². The van der Waals surface area contributed by atoms with Gasteiger partial charge in [-0.05, 0) is 26.8 Å². The number of nitrogens with one attached hydrogen (secondary N) is 1. The van der Waals surface area contributed by atoms with Gasteiger partial charge in [-0.2, -0.15) is 0 Å². The zero-order chi connectivity index (χ0) is 13.8. The van der Waals surface area contributed by atoms with Crippen LogP contribution < -0.4 is 15.8 Å². The van der Waals surface area contributed by atoms with Crippen LogP contribution in [0.2, 0.25) is 0 Å². The molecule has 0 radical (unpaired) electrons. The van der Waals surface area contributed by atoms with E-state index in [4.69, 9.17) is 15.2 Å². The van der Waals surface area contributed by atoms with Gasteiger partial charge in [0.1, 0.15) is 11.4 Å². The van der Waals surface area contributed by atoms with Gasteiger partial charge in [0.05, 0.1) is 7.11 Å². The van der Waals surface area contributed by atoms with Crippen molar-refractivity contribution < 1.29 is 14.3 Å². The van der Waals surface area contributed by atoms with Gasteiger partial charge >= 0.3 is 6.09 Å². The van der Waals surface area contributed by atoms with Crippen LogP contribution in [0.3, 0.4) is 0 Å². The average Bonchev–Trinajstić information content (AvgIpc) is 2.26. The van der Waals surface area contributed by atoms with Crippen molar-refractivity contribution >= 4 is 11.8 Å². The minimum Gasteiger partial charge on any atom is -0.496 e. The largest absolute Gasteiger partial charge is 0.496 e. The highest BCUT2D eigenvalue weighted by molar-refractivity contribution is 5.85. The fourth-order valence-electron chi connectivity index (χ4n) is 1.41. The highest BCUT2D eigenvalue weighted by atomic mass is 16.6. The number of anilines is 1. The quantitative estimate of drug-likeness (QED) is 0.866. The lowest BCUT2D eigenvalue weighted by atomic mass is 10.2. The van der Waals surface area contributed by atoms with Crippen LogP contribution in [0.1, 0.15) is 26.3 Å². The zero-order valence-electron chi connectivity index (χ0n) is 11.2. The van der Waals surface area contributed by atoms with E-state index >= 15 is 0 Å². The van der Waals surface area contributed by atoms with Crippen LogP contribution in [0.15, 0.2) is 18.2 Å². The number of ether oxygens (including phenoxy) is 2. The summed E-state index contributed by atoms with van der Waals surface area (Å²) < 4.78 is 10.3. The van der Waals surface area contributed by atoms with Gasteiger partial charge in [-0.1, -0.05) is 6.07 Å². The number of carbonyl (C=O) groups is 1. The maximum Gasteiger partial charge on any atom is 0.412 e. The van der Waals surface area contributed by atoms with Gasteiger partial charge in [0, 0.05) is 23.9 Å². The highest BCUT2D eigenvalue weighted by Crippen LogP contribution is 2.23. The molecule has 0 aromatic heterocycles. The molecule has 1 amide bonds. The summed E-state index contributed by atoms with van der Waals surface area (Å²) in [5.74, 6) is 0.644. The number of amides is 1. The number of hydrogen-bond donors (Lipinski definition) is 2. The molecule has 0 spiro atoms. The first-order valence-electron chi connectivity index (χ1n) is 5.72. The van der Waals surface area contributed by atoms with E-state index in [2.05, 4.69) is 5.32 Å². The molecule has 1 aromatic carbocycles. The molecule has 0 aliphatic rings. The van der Waals surface area contributed by atoms with Crippen molar-refractivity contribution in [2.75, 3.05) is 12.4 Å². The Morgan fingerprint density at radius 1 is 1.39 bits per heavy atom. The van der Waals surface area contributed by atoms with E-state index in [1.165, 1.54) is 0 Å². The average molecular weight is 252 g/mol. The predicted octanol–water partition coefficient (Wildman–Crippen LogP) is 2.50. The summed E-state index contributed by atoms with van der Waals surface area (Å²) in [5.41, 5.74) is 6.54. The van der Waals surface area contributed by atoms with Gasteiger partial charge in [0.25, 0.3) is 0 Å². The minimum absolute atomic E-state index is 0.385. The number of benzene rings is 1. The summed E-state index contributed by atoms with van der Waals surface area (Å²) in [5, 5.41) is 2.64. The molecule has 0 unspecified atom stereocenters. The fraction of sp³-hybridized carbons (Fsp3) is 0.462. The van der Waals surface area contributed by atoms with E-state index in [0.717, 1.165) is 5.56 Å². The third-order valence-electron chi connectivity index (χ3n) is 2.15. The third kappa shape index (κ3) is 4.25. The molecular weight excluding hydrogens is 232 g/mol. The summed E-state index contributed by atoms with van der Waals surface area (Å²) >= 11 is 0. The second-order valence-corrected chi connectivity index (χ2v) is 4.86. The maximum atomic E-state index is 11.6. The summed E-state index contributed by atoms with van der Waals surface area (Å²) in [6, 6.07) is 5.28. The number of nitrogens with two attached hydrogens (primary N) is 1. The van der Waals surface area contributed by atoms with E-state index in [1.54, 1.807) is 19.2 Å². The summed E-state index contributed by atoms with van der Waals surface area (Å²) in [6.45, 7) is 5.82. The van der Waals surface area contributed by atoms with Gasteiger partial charge in [0.2, 0.25) is 0 Å². The summed E-state index contributed by atoms with van der Waals surface area (Å²) in [7, 11) is 1.56. The van der Waals surface area contributed by atoms with Crippen LogP contribution in [0.4, 0.5) is 10.5 Å². The van der Waals surface area contributed by atoms with Crippen LogP contribution in [0.5, 0.6) is 5.75 Å². The lowest BCUT2D eigenvalue weighted by Crippen LogP contribution is -2.27. The Morgan fingerprint density at radius 3 is 2.56 bits per heavy atom. The van der Waals surface area contributed by atoms with Crippen molar-refractivity contribution in [1.29, 1.82) is 0 Å². The van der Waals surface area contributed by atoms with Crippen LogP contribution in [0, 0.1) is 0 Å². The lowest BCUT2D eigenvalue weighted by molar-refractivity contribution is 0.0636. The molecule has 0 saturated heterocycles. The van der Waals surface area contributed by atoms with Crippen molar-refractivity contribution in [2.45, 2.75) is 32.9 Å². The summed E-state index contributed by atoms with van der Waals surface area (Å²) in [6.07, 6.45) is -0.495. The first-order valence-corrected chi connectivity index (χ1v) is 5.72. The van der Waals surface area contributed by atoms with Gasteiger partial charge in [-0.15, -0.1) is 0 Å². The zero-order valence-corrected chi connectivity index (χ0v) is 11.2. The molecule has 3 N–H and O–H groups in total. The standard InChI is InChI=1S/C13H20N2O3/c1-13(2,3)18-12(16)15-10-6-5-9(8-14)11(7-10)17-4/h5-7H,8,14H2,1-4H3,(H,15,16). The van der Waals surface area contributed by atoms with Crippen molar-refractivity contribution in [3.63, 3.8) is 0 Å². The van der Waals surface area contributed by atoms with Gasteiger partial charge in [-0.3, -0.25) is 5.32 Å². The molecule has 5 heteroatoms. The minimum atomic E-state index is -0.522. The maximum absolute atomic E-state index is 11.6. The third-order valence-corrected chi connectivity index (χ3v) is 2.15. The molecule has 18 heavy (non-hydrogen) atoms. The van der Waals surface area contributed by atoms with Gasteiger partial charge < -0.3 is 15.2 Å². The van der Waals surface area contributed by atoms with Crippen molar-refractivity contribution in [3.05, 3.63) is 23.8 Å². The molecule has 5 nitrogen and oxygen atoms in total. The van der Waals surface area contributed by atoms with E-state index in [0.29, 0.717) is 18.0 Å². The molecule has 0 heterocycles. The van der Waals surface area contributed by atoms with Crippen molar-refractivity contribution in [1.82, 2.24) is 0 Å². The van der Waals surface area contributed by atoms with E-state index in [9.17, 15) is 4.79 Å². The van der Waals surface area contributed by atoms with Crippen LogP contribution in [-0.2, 0) is 11.3 Å². The molecule has 1 aromatic rings. The Morgan fingerprint density at radius 2 is 2.06 bits per heavy atom. The van der Waals surface area contributed by atoms with Crippen molar-refractivity contribution in [2.24, 2.45) is 5.73 Å². The Kier molecular flexibility index (Phi) is 4.55. The van der Waals surface area contributed by atoms with Crippen LogP contribution >= 0.6 is 0 Å². The first-order chi connectivity index (χ1) is 8.35. The summed E-state index contributed by atoms with van der Waals surface area (Å²) in [4.78, 5) is 11.6. The molecule has 1 rings (SSSR count).